The molecule has 3 heteroatoms. The van der Waals surface area contributed by atoms with Crippen molar-refractivity contribution < 1.29 is 9.53 Å². The zero-order valence-corrected chi connectivity index (χ0v) is 10.5. The number of methoxy groups -OCH3 is 1. The number of benzene rings is 1. The number of Topliss-reactive ketones (excluding diaryl/α,β-unsaturated/α-hetero) is 1. The average Bonchev–Trinajstić information content (AvgIpc) is 2.46. The van der Waals surface area contributed by atoms with E-state index in [1.165, 1.54) is 0 Å². The lowest BCUT2D eigenvalue weighted by atomic mass is 10.0. The Morgan fingerprint density at radius 2 is 1.94 bits per heavy atom. The summed E-state index contributed by atoms with van der Waals surface area (Å²) in [5.74, 6) is 0.876. The molecule has 1 aromatic heterocycles. The molecule has 0 saturated heterocycles. The Kier molecular flexibility index (Phi) is 3.72. The number of pyridine rings is 1. The highest BCUT2D eigenvalue weighted by Gasteiger charge is 2.08. The van der Waals surface area contributed by atoms with Crippen LogP contribution in [0.2, 0.25) is 0 Å². The predicted molar refractivity (Wildman–Crippen MR) is 70.8 cm³/mol. The smallest absolute Gasteiger partial charge is 0.162 e. The van der Waals surface area contributed by atoms with Gasteiger partial charge in [0.05, 0.1) is 7.11 Å². The summed E-state index contributed by atoms with van der Waals surface area (Å²) in [6.45, 7) is 1.86. The van der Waals surface area contributed by atoms with Crippen LogP contribution in [0, 0.1) is 0 Å². The fourth-order valence-electron chi connectivity index (χ4n) is 1.79. The number of ketones is 1. The largest absolute Gasteiger partial charge is 0.494 e. The van der Waals surface area contributed by atoms with E-state index in [4.69, 9.17) is 4.74 Å². The van der Waals surface area contributed by atoms with Gasteiger partial charge in [-0.05, 0) is 12.1 Å². The first-order chi connectivity index (χ1) is 8.76. The molecule has 0 bridgehead atoms. The molecule has 3 nitrogen and oxygen atoms in total. The van der Waals surface area contributed by atoms with E-state index in [1.54, 1.807) is 13.3 Å². The molecule has 2 aromatic rings. The van der Waals surface area contributed by atoms with E-state index in [-0.39, 0.29) is 5.78 Å². The van der Waals surface area contributed by atoms with Gasteiger partial charge in [0.15, 0.2) is 5.78 Å². The van der Waals surface area contributed by atoms with Gasteiger partial charge in [0.2, 0.25) is 0 Å². The maximum Gasteiger partial charge on any atom is 0.162 e. The average molecular weight is 241 g/mol. The summed E-state index contributed by atoms with van der Waals surface area (Å²) in [5.41, 5.74) is 2.46. The monoisotopic (exact) mass is 241 g/mol. The van der Waals surface area contributed by atoms with Crippen molar-refractivity contribution in [2.24, 2.45) is 0 Å². The molecule has 0 aliphatic rings. The molecule has 0 fully saturated rings. The second-order valence-corrected chi connectivity index (χ2v) is 3.91. The third kappa shape index (κ3) is 2.40. The topological polar surface area (TPSA) is 39.2 Å². The van der Waals surface area contributed by atoms with Crippen LogP contribution in [0.4, 0.5) is 0 Å². The predicted octanol–water partition coefficient (Wildman–Crippen LogP) is 3.35. The van der Waals surface area contributed by atoms with Crippen LogP contribution in [-0.2, 0) is 0 Å². The van der Waals surface area contributed by atoms with Gasteiger partial charge in [0.1, 0.15) is 11.4 Å². The summed E-state index contributed by atoms with van der Waals surface area (Å²) in [6, 6.07) is 11.1. The van der Waals surface area contributed by atoms with Gasteiger partial charge in [-0.3, -0.25) is 9.78 Å². The van der Waals surface area contributed by atoms with E-state index in [0.717, 1.165) is 22.6 Å². The lowest BCUT2D eigenvalue weighted by molar-refractivity contribution is 0.0988. The molecule has 0 aliphatic carbocycles. The molecule has 0 aliphatic heterocycles. The van der Waals surface area contributed by atoms with E-state index in [1.807, 2.05) is 43.3 Å². The summed E-state index contributed by atoms with van der Waals surface area (Å²) in [4.78, 5) is 15.8. The van der Waals surface area contributed by atoms with Gasteiger partial charge in [-0.25, -0.2) is 0 Å². The van der Waals surface area contributed by atoms with Crippen LogP contribution in [0.25, 0.3) is 11.3 Å². The highest BCUT2D eigenvalue weighted by Crippen LogP contribution is 2.27. The Hall–Kier alpha value is -2.16. The molecule has 92 valence electrons. The van der Waals surface area contributed by atoms with Crippen molar-refractivity contribution >= 4 is 5.78 Å². The van der Waals surface area contributed by atoms with Gasteiger partial charge in [-0.15, -0.1) is 0 Å². The maximum atomic E-state index is 11.5. The Morgan fingerprint density at radius 1 is 1.22 bits per heavy atom. The highest BCUT2D eigenvalue weighted by atomic mass is 16.5. The number of nitrogens with zero attached hydrogens (tertiary/aromatic N) is 1. The first-order valence-corrected chi connectivity index (χ1v) is 5.89. The highest BCUT2D eigenvalue weighted by molar-refractivity contribution is 5.96. The van der Waals surface area contributed by atoms with Crippen LogP contribution >= 0.6 is 0 Å². The second-order valence-electron chi connectivity index (χ2n) is 3.91. The molecule has 1 aromatic carbocycles. The summed E-state index contributed by atoms with van der Waals surface area (Å²) in [6.07, 6.45) is 2.25. The molecule has 0 atom stereocenters. The molecular weight excluding hydrogens is 226 g/mol. The Balaban J connectivity index is 2.37. The second kappa shape index (κ2) is 5.45. The SMILES string of the molecule is CCC(=O)c1ccc(-c2ncccc2OC)cc1. The van der Waals surface area contributed by atoms with Crippen molar-refractivity contribution in [3.63, 3.8) is 0 Å². The zero-order chi connectivity index (χ0) is 13.0. The number of ether oxygens (including phenoxy) is 1. The number of hydrogen-bond donors (Lipinski definition) is 0. The molecule has 0 spiro atoms. The summed E-state index contributed by atoms with van der Waals surface area (Å²) < 4.78 is 5.27. The minimum atomic E-state index is 0.148. The Morgan fingerprint density at radius 3 is 2.56 bits per heavy atom. The van der Waals surface area contributed by atoms with Gasteiger partial charge in [-0.2, -0.15) is 0 Å². The van der Waals surface area contributed by atoms with Crippen molar-refractivity contribution in [2.75, 3.05) is 7.11 Å². The van der Waals surface area contributed by atoms with Crippen molar-refractivity contribution in [3.8, 4) is 17.0 Å². The number of rotatable bonds is 4. The number of carbonyl (C=O) groups excluding carboxylic acids is 1. The quantitative estimate of drug-likeness (QED) is 0.770. The molecule has 0 saturated carbocycles. The molecule has 2 rings (SSSR count). The van der Waals surface area contributed by atoms with Crippen molar-refractivity contribution in [3.05, 3.63) is 48.2 Å². The standard InChI is InChI=1S/C15H15NO2/c1-3-13(17)11-6-8-12(9-7-11)15-14(18-2)5-4-10-16-15/h4-10H,3H2,1-2H3. The fourth-order valence-corrected chi connectivity index (χ4v) is 1.79. The van der Waals surface area contributed by atoms with E-state index < -0.39 is 0 Å². The van der Waals surface area contributed by atoms with Crippen molar-refractivity contribution in [1.82, 2.24) is 4.98 Å². The van der Waals surface area contributed by atoms with Gasteiger partial charge < -0.3 is 4.74 Å². The van der Waals surface area contributed by atoms with Crippen molar-refractivity contribution in [1.29, 1.82) is 0 Å². The summed E-state index contributed by atoms with van der Waals surface area (Å²) in [7, 11) is 1.62. The first kappa shape index (κ1) is 12.3. The Bertz CT molecular complexity index is 547. The minimum Gasteiger partial charge on any atom is -0.494 e. The van der Waals surface area contributed by atoms with Crippen LogP contribution in [0.5, 0.6) is 5.75 Å². The van der Waals surface area contributed by atoms with Crippen LogP contribution < -0.4 is 4.74 Å². The maximum absolute atomic E-state index is 11.5. The lowest BCUT2D eigenvalue weighted by Gasteiger charge is -2.07. The third-order valence-corrected chi connectivity index (χ3v) is 2.79. The molecule has 0 unspecified atom stereocenters. The molecule has 1 heterocycles. The van der Waals surface area contributed by atoms with E-state index in [2.05, 4.69) is 4.98 Å². The van der Waals surface area contributed by atoms with E-state index >= 15 is 0 Å². The number of aromatic nitrogens is 1. The summed E-state index contributed by atoms with van der Waals surface area (Å²) in [5, 5.41) is 0. The van der Waals surface area contributed by atoms with Crippen LogP contribution in [0.1, 0.15) is 23.7 Å². The van der Waals surface area contributed by atoms with Gasteiger partial charge in [-0.1, -0.05) is 31.2 Å². The lowest BCUT2D eigenvalue weighted by Crippen LogP contribution is -1.96. The first-order valence-electron chi connectivity index (χ1n) is 5.89. The third-order valence-electron chi connectivity index (χ3n) is 2.79. The normalized spacial score (nSPS) is 10.1. The van der Waals surface area contributed by atoms with Crippen LogP contribution in [0.3, 0.4) is 0 Å². The number of hydrogen-bond acceptors (Lipinski definition) is 3. The molecular formula is C15H15NO2. The van der Waals surface area contributed by atoms with Crippen LogP contribution in [-0.4, -0.2) is 17.9 Å². The van der Waals surface area contributed by atoms with Gasteiger partial charge in [0.25, 0.3) is 0 Å². The minimum absolute atomic E-state index is 0.148. The molecule has 0 amide bonds. The van der Waals surface area contributed by atoms with Crippen molar-refractivity contribution in [2.45, 2.75) is 13.3 Å². The molecule has 18 heavy (non-hydrogen) atoms. The fraction of sp³-hybridized carbons (Fsp3) is 0.200. The van der Waals surface area contributed by atoms with E-state index in [0.29, 0.717) is 6.42 Å². The molecule has 0 radical (unpaired) electrons. The van der Waals surface area contributed by atoms with E-state index in [9.17, 15) is 4.79 Å². The summed E-state index contributed by atoms with van der Waals surface area (Å²) >= 11 is 0. The number of carbonyl (C=O) groups is 1. The molecule has 0 N–H and O–H groups in total. The van der Waals surface area contributed by atoms with Gasteiger partial charge >= 0.3 is 0 Å². The Labute approximate surface area is 106 Å². The zero-order valence-electron chi connectivity index (χ0n) is 10.5. The van der Waals surface area contributed by atoms with Crippen LogP contribution in [0.15, 0.2) is 42.6 Å². The van der Waals surface area contributed by atoms with Gasteiger partial charge in [0, 0.05) is 23.7 Å².